The lowest BCUT2D eigenvalue weighted by atomic mass is 10.1. The first-order valence-corrected chi connectivity index (χ1v) is 5.66. The summed E-state index contributed by atoms with van der Waals surface area (Å²) in [5.41, 5.74) is 1.82. The van der Waals surface area contributed by atoms with Crippen LogP contribution < -0.4 is 0 Å². The van der Waals surface area contributed by atoms with E-state index in [0.717, 1.165) is 15.6 Å². The number of halogens is 1. The molecule has 0 saturated carbocycles. The van der Waals surface area contributed by atoms with E-state index in [-0.39, 0.29) is 12.3 Å². The summed E-state index contributed by atoms with van der Waals surface area (Å²) in [6, 6.07) is 5.66. The van der Waals surface area contributed by atoms with E-state index in [9.17, 15) is 4.79 Å². The lowest BCUT2D eigenvalue weighted by Gasteiger charge is -2.00. The number of benzene rings is 1. The van der Waals surface area contributed by atoms with Gasteiger partial charge in [-0.2, -0.15) is 4.98 Å². The van der Waals surface area contributed by atoms with Crippen LogP contribution >= 0.6 is 15.9 Å². The van der Waals surface area contributed by atoms with Gasteiger partial charge >= 0.3 is 5.97 Å². The molecule has 0 fully saturated rings. The number of carbonyl (C=O) groups is 1. The van der Waals surface area contributed by atoms with E-state index in [1.54, 1.807) is 0 Å². The highest BCUT2D eigenvalue weighted by Crippen LogP contribution is 2.23. The minimum atomic E-state index is -0.993. The zero-order chi connectivity index (χ0) is 12.4. The molecule has 1 N–H and O–H groups in total. The van der Waals surface area contributed by atoms with Crippen molar-refractivity contribution in [2.24, 2.45) is 0 Å². The van der Waals surface area contributed by atoms with Gasteiger partial charge in [-0.1, -0.05) is 21.1 Å². The Hall–Kier alpha value is -1.69. The van der Waals surface area contributed by atoms with Gasteiger partial charge < -0.3 is 9.63 Å². The van der Waals surface area contributed by atoms with Gasteiger partial charge in [-0.15, -0.1) is 0 Å². The number of carboxylic acid groups (broad SMARTS) is 1. The first-order valence-electron chi connectivity index (χ1n) is 4.87. The average molecular weight is 297 g/mol. The molecule has 0 aliphatic rings. The van der Waals surface area contributed by atoms with E-state index < -0.39 is 5.97 Å². The number of aromatic nitrogens is 2. The standard InChI is InChI=1S/C11H9BrN2O3/c1-6-4-7(12)2-3-8(6)11-13-9(17-14-11)5-10(15)16/h2-4H,5H2,1H3,(H,15,16). The minimum absolute atomic E-state index is 0.106. The largest absolute Gasteiger partial charge is 0.481 e. The van der Waals surface area contributed by atoms with Crippen LogP contribution in [-0.4, -0.2) is 21.2 Å². The quantitative estimate of drug-likeness (QED) is 0.941. The Kier molecular flexibility index (Phi) is 3.23. The highest BCUT2D eigenvalue weighted by Gasteiger charge is 2.13. The van der Waals surface area contributed by atoms with Gasteiger partial charge in [0.2, 0.25) is 11.7 Å². The van der Waals surface area contributed by atoms with Crippen molar-refractivity contribution in [2.45, 2.75) is 13.3 Å². The second-order valence-corrected chi connectivity index (χ2v) is 4.46. The number of rotatable bonds is 3. The predicted molar refractivity (Wildman–Crippen MR) is 63.5 cm³/mol. The average Bonchev–Trinajstić information content (AvgIpc) is 2.65. The Labute approximate surface area is 106 Å². The Balaban J connectivity index is 2.33. The normalized spacial score (nSPS) is 10.5. The summed E-state index contributed by atoms with van der Waals surface area (Å²) >= 11 is 3.36. The Morgan fingerprint density at radius 1 is 1.53 bits per heavy atom. The highest BCUT2D eigenvalue weighted by atomic mass is 79.9. The monoisotopic (exact) mass is 296 g/mol. The van der Waals surface area contributed by atoms with Crippen LogP contribution in [0.3, 0.4) is 0 Å². The molecule has 0 spiro atoms. The van der Waals surface area contributed by atoms with E-state index in [2.05, 4.69) is 26.1 Å². The molecule has 2 rings (SSSR count). The molecule has 1 heterocycles. The SMILES string of the molecule is Cc1cc(Br)ccc1-c1noc(CC(=O)O)n1. The molecule has 88 valence electrons. The van der Waals surface area contributed by atoms with Crippen molar-refractivity contribution in [3.8, 4) is 11.4 Å². The number of hydrogen-bond acceptors (Lipinski definition) is 4. The number of aliphatic carboxylic acids is 1. The first-order chi connectivity index (χ1) is 8.06. The number of hydrogen-bond donors (Lipinski definition) is 1. The third kappa shape index (κ3) is 2.71. The van der Waals surface area contributed by atoms with E-state index in [1.165, 1.54) is 0 Å². The Bertz CT molecular complexity index is 566. The molecule has 0 radical (unpaired) electrons. The first kappa shape index (κ1) is 11.8. The smallest absolute Gasteiger partial charge is 0.312 e. The summed E-state index contributed by atoms with van der Waals surface area (Å²) in [6.07, 6.45) is -0.261. The van der Waals surface area contributed by atoms with Crippen LogP contribution in [0.25, 0.3) is 11.4 Å². The van der Waals surface area contributed by atoms with Crippen molar-refractivity contribution in [3.63, 3.8) is 0 Å². The highest BCUT2D eigenvalue weighted by molar-refractivity contribution is 9.10. The fraction of sp³-hybridized carbons (Fsp3) is 0.182. The minimum Gasteiger partial charge on any atom is -0.481 e. The van der Waals surface area contributed by atoms with Crippen molar-refractivity contribution in [2.75, 3.05) is 0 Å². The fourth-order valence-electron chi connectivity index (χ4n) is 1.44. The van der Waals surface area contributed by atoms with Gasteiger partial charge in [0.15, 0.2) is 0 Å². The third-order valence-corrected chi connectivity index (χ3v) is 2.69. The van der Waals surface area contributed by atoms with Crippen molar-refractivity contribution in [3.05, 3.63) is 34.1 Å². The van der Waals surface area contributed by atoms with Gasteiger partial charge in [-0.25, -0.2) is 0 Å². The summed E-state index contributed by atoms with van der Waals surface area (Å²) in [7, 11) is 0. The van der Waals surface area contributed by atoms with Crippen LogP contribution in [0.1, 0.15) is 11.5 Å². The van der Waals surface area contributed by atoms with Gasteiger partial charge in [-0.05, 0) is 30.7 Å². The molecule has 0 aliphatic heterocycles. The maximum atomic E-state index is 10.5. The van der Waals surface area contributed by atoms with Crippen LogP contribution in [-0.2, 0) is 11.2 Å². The predicted octanol–water partition coefficient (Wildman–Crippen LogP) is 2.43. The Morgan fingerprint density at radius 3 is 2.94 bits per heavy atom. The van der Waals surface area contributed by atoms with E-state index in [4.69, 9.17) is 9.63 Å². The third-order valence-electron chi connectivity index (χ3n) is 2.20. The second-order valence-electron chi connectivity index (χ2n) is 3.54. The van der Waals surface area contributed by atoms with Crippen molar-refractivity contribution < 1.29 is 14.4 Å². The summed E-state index contributed by atoms with van der Waals surface area (Å²) in [6.45, 7) is 1.92. The zero-order valence-electron chi connectivity index (χ0n) is 8.98. The molecule has 0 atom stereocenters. The number of carboxylic acids is 1. The van der Waals surface area contributed by atoms with E-state index >= 15 is 0 Å². The van der Waals surface area contributed by atoms with E-state index in [0.29, 0.717) is 5.82 Å². The molecule has 2 aromatic rings. The van der Waals surface area contributed by atoms with Crippen LogP contribution in [0.2, 0.25) is 0 Å². The molecule has 17 heavy (non-hydrogen) atoms. The van der Waals surface area contributed by atoms with Crippen molar-refractivity contribution in [1.82, 2.24) is 10.1 Å². The molecule has 0 saturated heterocycles. The molecule has 1 aromatic heterocycles. The zero-order valence-corrected chi connectivity index (χ0v) is 10.6. The molecule has 6 heteroatoms. The van der Waals surface area contributed by atoms with E-state index in [1.807, 2.05) is 25.1 Å². The second kappa shape index (κ2) is 4.67. The van der Waals surface area contributed by atoms with Gasteiger partial charge in [-0.3, -0.25) is 4.79 Å². The topological polar surface area (TPSA) is 76.2 Å². The molecule has 0 aliphatic carbocycles. The fourth-order valence-corrected chi connectivity index (χ4v) is 1.92. The lowest BCUT2D eigenvalue weighted by molar-refractivity contribution is -0.136. The molecule has 0 amide bonds. The van der Waals surface area contributed by atoms with Gasteiger partial charge in [0, 0.05) is 10.0 Å². The van der Waals surface area contributed by atoms with Crippen LogP contribution in [0.5, 0.6) is 0 Å². The maximum Gasteiger partial charge on any atom is 0.312 e. The van der Waals surface area contributed by atoms with Crippen molar-refractivity contribution in [1.29, 1.82) is 0 Å². The molecule has 0 bridgehead atoms. The van der Waals surface area contributed by atoms with Crippen molar-refractivity contribution >= 4 is 21.9 Å². The molecule has 1 aromatic carbocycles. The van der Waals surface area contributed by atoms with Gasteiger partial charge in [0.1, 0.15) is 6.42 Å². The Morgan fingerprint density at radius 2 is 2.29 bits per heavy atom. The lowest BCUT2D eigenvalue weighted by Crippen LogP contribution is -1.99. The summed E-state index contributed by atoms with van der Waals surface area (Å²) in [5, 5.41) is 12.4. The van der Waals surface area contributed by atoms with Crippen LogP contribution in [0.4, 0.5) is 0 Å². The molecule has 5 nitrogen and oxygen atoms in total. The number of nitrogens with zero attached hydrogens (tertiary/aromatic N) is 2. The molecular weight excluding hydrogens is 288 g/mol. The van der Waals surface area contributed by atoms with Gasteiger partial charge in [0.05, 0.1) is 0 Å². The van der Waals surface area contributed by atoms with Crippen LogP contribution in [0, 0.1) is 6.92 Å². The maximum absolute atomic E-state index is 10.5. The molecule has 0 unspecified atom stereocenters. The molecular formula is C11H9BrN2O3. The van der Waals surface area contributed by atoms with Crippen LogP contribution in [0.15, 0.2) is 27.2 Å². The number of aryl methyl sites for hydroxylation is 1. The summed E-state index contributed by atoms with van der Waals surface area (Å²) < 4.78 is 5.83. The summed E-state index contributed by atoms with van der Waals surface area (Å²) in [4.78, 5) is 14.5. The van der Waals surface area contributed by atoms with Gasteiger partial charge in [0.25, 0.3) is 0 Å². The summed E-state index contributed by atoms with van der Waals surface area (Å²) in [5.74, 6) is -0.478.